The molecule has 45 heavy (non-hydrogen) atoms. The Morgan fingerprint density at radius 2 is 0.778 bits per heavy atom. The van der Waals surface area contributed by atoms with Crippen molar-refractivity contribution in [1.82, 2.24) is 15.0 Å². The smallest absolute Gasteiger partial charge is 0.167 e. The molecule has 7 aromatic rings. The monoisotopic (exact) mass is 579 g/mol. The number of fused-ring (bicyclic) bond motifs is 8. The van der Waals surface area contributed by atoms with Crippen LogP contribution >= 0.6 is 0 Å². The highest BCUT2D eigenvalue weighted by molar-refractivity contribution is 5.81. The molecule has 1 spiro atoms. The maximum absolute atomic E-state index is 6.87. The van der Waals surface area contributed by atoms with Gasteiger partial charge in [-0.2, -0.15) is 0 Å². The molecule has 0 radical (unpaired) electrons. The normalized spacial score (nSPS) is 13.4. The average molecular weight is 580 g/mol. The van der Waals surface area contributed by atoms with Gasteiger partial charge < -0.3 is 9.47 Å². The van der Waals surface area contributed by atoms with Gasteiger partial charge in [-0.3, -0.25) is 0 Å². The second-order valence-corrected chi connectivity index (χ2v) is 11.2. The quantitative estimate of drug-likeness (QED) is 0.209. The van der Waals surface area contributed by atoms with E-state index in [0.29, 0.717) is 23.2 Å². The molecule has 2 aliphatic heterocycles. The fraction of sp³-hybridized carbons (Fsp3) is 0.0250. The van der Waals surface area contributed by atoms with Gasteiger partial charge in [-0.05, 0) is 24.3 Å². The van der Waals surface area contributed by atoms with Crippen molar-refractivity contribution >= 4 is 0 Å². The van der Waals surface area contributed by atoms with Gasteiger partial charge in [-0.25, -0.2) is 15.0 Å². The molecular formula is C40H25N3O2. The van der Waals surface area contributed by atoms with Crippen molar-refractivity contribution in [1.29, 1.82) is 0 Å². The van der Waals surface area contributed by atoms with E-state index in [1.807, 2.05) is 103 Å². The molecule has 0 N–H and O–H groups in total. The predicted molar refractivity (Wildman–Crippen MR) is 175 cm³/mol. The molecule has 0 bridgehead atoms. The Balaban J connectivity index is 1.36. The number of para-hydroxylation sites is 4. The van der Waals surface area contributed by atoms with Crippen molar-refractivity contribution in [3.63, 3.8) is 0 Å². The summed E-state index contributed by atoms with van der Waals surface area (Å²) in [5.41, 5.74) is 6.11. The zero-order valence-corrected chi connectivity index (χ0v) is 24.1. The minimum Gasteiger partial charge on any atom is -0.457 e. The van der Waals surface area contributed by atoms with Crippen LogP contribution in [0.15, 0.2) is 152 Å². The molecule has 1 aromatic heterocycles. The topological polar surface area (TPSA) is 57.1 Å². The molecule has 3 heterocycles. The number of ether oxygens (including phenoxy) is 2. The number of benzene rings is 6. The standard InChI is InChI=1S/C40H25N3O2/c1-3-14-26(15-4-1)37-41-38(27-16-5-2-6-17-27)43-39(42-37)28-18-13-22-32-36(28)45-35-25-12-9-21-31(35)40(32)29-19-7-10-23-33(29)44-34-24-11-8-20-30(34)40/h1-25H. The number of hydrogen-bond donors (Lipinski definition) is 0. The summed E-state index contributed by atoms with van der Waals surface area (Å²) in [7, 11) is 0. The van der Waals surface area contributed by atoms with Crippen LogP contribution in [0.3, 0.4) is 0 Å². The molecular weight excluding hydrogens is 554 g/mol. The Kier molecular flexibility index (Phi) is 5.65. The molecule has 9 rings (SSSR count). The van der Waals surface area contributed by atoms with E-state index in [4.69, 9.17) is 24.4 Å². The minimum absolute atomic E-state index is 0.544. The van der Waals surface area contributed by atoms with Crippen molar-refractivity contribution in [2.24, 2.45) is 0 Å². The second kappa shape index (κ2) is 10.00. The van der Waals surface area contributed by atoms with Crippen LogP contribution in [0.2, 0.25) is 0 Å². The van der Waals surface area contributed by atoms with Crippen molar-refractivity contribution in [2.45, 2.75) is 5.41 Å². The van der Waals surface area contributed by atoms with Gasteiger partial charge in [-0.15, -0.1) is 0 Å². The maximum Gasteiger partial charge on any atom is 0.167 e. The third kappa shape index (κ3) is 3.84. The first-order chi connectivity index (χ1) is 22.3. The largest absolute Gasteiger partial charge is 0.457 e. The highest BCUT2D eigenvalue weighted by atomic mass is 16.5. The first-order valence-corrected chi connectivity index (χ1v) is 15.0. The molecule has 0 unspecified atom stereocenters. The van der Waals surface area contributed by atoms with Gasteiger partial charge in [0.1, 0.15) is 23.0 Å². The van der Waals surface area contributed by atoms with Crippen molar-refractivity contribution in [2.75, 3.05) is 0 Å². The first-order valence-electron chi connectivity index (χ1n) is 15.0. The molecule has 0 aliphatic carbocycles. The highest BCUT2D eigenvalue weighted by Crippen LogP contribution is 2.62. The van der Waals surface area contributed by atoms with Gasteiger partial charge in [0.25, 0.3) is 0 Å². The van der Waals surface area contributed by atoms with E-state index in [-0.39, 0.29) is 0 Å². The van der Waals surface area contributed by atoms with E-state index in [2.05, 4.69) is 48.5 Å². The molecule has 5 heteroatoms. The Hall–Kier alpha value is -6.07. The molecule has 212 valence electrons. The first kappa shape index (κ1) is 25.4. The van der Waals surface area contributed by atoms with E-state index in [1.165, 1.54) is 0 Å². The second-order valence-electron chi connectivity index (χ2n) is 11.2. The molecule has 0 atom stereocenters. The summed E-state index contributed by atoms with van der Waals surface area (Å²) in [6, 6.07) is 51.2. The summed E-state index contributed by atoms with van der Waals surface area (Å²) in [5.74, 6) is 4.89. The van der Waals surface area contributed by atoms with Gasteiger partial charge in [0.05, 0.1) is 11.0 Å². The Morgan fingerprint density at radius 1 is 0.356 bits per heavy atom. The van der Waals surface area contributed by atoms with E-state index in [1.54, 1.807) is 0 Å². The summed E-state index contributed by atoms with van der Waals surface area (Å²) in [4.78, 5) is 15.0. The van der Waals surface area contributed by atoms with E-state index in [0.717, 1.165) is 56.2 Å². The number of rotatable bonds is 3. The molecule has 0 saturated heterocycles. The van der Waals surface area contributed by atoms with E-state index in [9.17, 15) is 0 Å². The average Bonchev–Trinajstić information content (AvgIpc) is 3.12. The summed E-state index contributed by atoms with van der Waals surface area (Å²) in [5, 5.41) is 0. The van der Waals surface area contributed by atoms with Gasteiger partial charge in [0.2, 0.25) is 0 Å². The van der Waals surface area contributed by atoms with Crippen LogP contribution in [0.25, 0.3) is 34.2 Å². The maximum atomic E-state index is 6.87. The number of hydrogen-bond acceptors (Lipinski definition) is 5. The lowest BCUT2D eigenvalue weighted by atomic mass is 9.62. The van der Waals surface area contributed by atoms with Crippen molar-refractivity contribution in [3.05, 3.63) is 174 Å². The van der Waals surface area contributed by atoms with Gasteiger partial charge >= 0.3 is 0 Å². The summed E-state index contributed by atoms with van der Waals surface area (Å²) in [6.45, 7) is 0. The SMILES string of the molecule is c1ccc(-c2nc(-c3ccccc3)nc(-c3cccc4c3Oc3ccccc3C43c4ccccc4Oc4ccccc43)n2)cc1. The van der Waals surface area contributed by atoms with Crippen LogP contribution in [0, 0.1) is 0 Å². The van der Waals surface area contributed by atoms with Crippen LogP contribution < -0.4 is 9.47 Å². The van der Waals surface area contributed by atoms with Gasteiger partial charge in [0.15, 0.2) is 17.5 Å². The predicted octanol–water partition coefficient (Wildman–Crippen LogP) is 9.47. The van der Waals surface area contributed by atoms with Gasteiger partial charge in [0, 0.05) is 33.4 Å². The molecule has 6 aromatic carbocycles. The van der Waals surface area contributed by atoms with E-state index >= 15 is 0 Å². The lowest BCUT2D eigenvalue weighted by Crippen LogP contribution is -2.36. The summed E-state index contributed by atoms with van der Waals surface area (Å²) >= 11 is 0. The highest BCUT2D eigenvalue weighted by Gasteiger charge is 2.51. The molecule has 2 aliphatic rings. The molecule has 0 fully saturated rings. The van der Waals surface area contributed by atoms with Crippen molar-refractivity contribution < 1.29 is 9.47 Å². The lowest BCUT2D eigenvalue weighted by molar-refractivity contribution is 0.400. The Morgan fingerprint density at radius 3 is 1.31 bits per heavy atom. The van der Waals surface area contributed by atoms with Crippen molar-refractivity contribution in [3.8, 4) is 57.2 Å². The third-order valence-corrected chi connectivity index (χ3v) is 8.66. The Labute approximate surface area is 260 Å². The summed E-state index contributed by atoms with van der Waals surface area (Å²) in [6.07, 6.45) is 0. The van der Waals surface area contributed by atoms with Crippen LogP contribution in [0.5, 0.6) is 23.0 Å². The fourth-order valence-electron chi connectivity index (χ4n) is 6.74. The fourth-order valence-corrected chi connectivity index (χ4v) is 6.74. The molecule has 5 nitrogen and oxygen atoms in total. The van der Waals surface area contributed by atoms with Crippen LogP contribution in [-0.2, 0) is 5.41 Å². The van der Waals surface area contributed by atoms with Crippen LogP contribution in [-0.4, -0.2) is 15.0 Å². The lowest BCUT2D eigenvalue weighted by Gasteiger charge is -2.45. The molecule has 0 saturated carbocycles. The zero-order chi connectivity index (χ0) is 29.8. The summed E-state index contributed by atoms with van der Waals surface area (Å²) < 4.78 is 13.4. The van der Waals surface area contributed by atoms with Crippen LogP contribution in [0.1, 0.15) is 22.3 Å². The van der Waals surface area contributed by atoms with E-state index < -0.39 is 5.41 Å². The Bertz CT molecular complexity index is 2110. The van der Waals surface area contributed by atoms with Gasteiger partial charge in [-0.1, -0.05) is 127 Å². The number of nitrogens with zero attached hydrogens (tertiary/aromatic N) is 3. The molecule has 0 amide bonds. The zero-order valence-electron chi connectivity index (χ0n) is 24.1. The number of aromatic nitrogens is 3. The van der Waals surface area contributed by atoms with Crippen LogP contribution in [0.4, 0.5) is 0 Å². The minimum atomic E-state index is -0.691. The third-order valence-electron chi connectivity index (χ3n) is 8.66.